The second-order valence-corrected chi connectivity index (χ2v) is 5.16. The molecule has 0 aromatic carbocycles. The minimum atomic E-state index is 0.502. The van der Waals surface area contributed by atoms with Crippen LogP contribution in [-0.4, -0.2) is 43.8 Å². The Morgan fingerprint density at radius 3 is 2.80 bits per heavy atom. The molecule has 0 spiro atoms. The van der Waals surface area contributed by atoms with Crippen molar-refractivity contribution in [2.45, 2.75) is 38.6 Å². The molecule has 0 aromatic heterocycles. The van der Waals surface area contributed by atoms with Crippen LogP contribution in [0.4, 0.5) is 0 Å². The van der Waals surface area contributed by atoms with Gasteiger partial charge in [0.2, 0.25) is 0 Å². The lowest BCUT2D eigenvalue weighted by Crippen LogP contribution is -2.45. The third kappa shape index (κ3) is 2.35. The largest absolute Gasteiger partial charge is 0.380 e. The molecule has 1 atom stereocenters. The van der Waals surface area contributed by atoms with E-state index < -0.39 is 0 Å². The molecule has 15 heavy (non-hydrogen) atoms. The maximum absolute atomic E-state index is 5.78. The van der Waals surface area contributed by atoms with Crippen LogP contribution < -0.4 is 5.73 Å². The predicted molar refractivity (Wildman–Crippen MR) is 61.8 cm³/mol. The van der Waals surface area contributed by atoms with E-state index in [9.17, 15) is 0 Å². The van der Waals surface area contributed by atoms with Gasteiger partial charge in [-0.15, -0.1) is 0 Å². The van der Waals surface area contributed by atoms with Crippen molar-refractivity contribution in [3.63, 3.8) is 0 Å². The molecule has 0 saturated carbocycles. The number of likely N-dealkylation sites (tertiary alicyclic amines) is 1. The molecule has 2 fully saturated rings. The molecule has 0 bridgehead atoms. The van der Waals surface area contributed by atoms with Crippen LogP contribution in [0.3, 0.4) is 0 Å². The van der Waals surface area contributed by atoms with Crippen molar-refractivity contribution < 1.29 is 4.74 Å². The van der Waals surface area contributed by atoms with Crippen LogP contribution in [0.2, 0.25) is 0 Å². The Morgan fingerprint density at radius 1 is 1.47 bits per heavy atom. The minimum Gasteiger partial charge on any atom is -0.380 e. The summed E-state index contributed by atoms with van der Waals surface area (Å²) in [5.41, 5.74) is 6.28. The Bertz CT molecular complexity index is 198. The zero-order valence-corrected chi connectivity index (χ0v) is 9.87. The van der Waals surface area contributed by atoms with E-state index in [1.54, 1.807) is 0 Å². The van der Waals surface area contributed by atoms with E-state index in [-0.39, 0.29) is 0 Å². The van der Waals surface area contributed by atoms with Gasteiger partial charge < -0.3 is 10.5 Å². The van der Waals surface area contributed by atoms with E-state index in [1.165, 1.54) is 38.8 Å². The Kier molecular flexibility index (Phi) is 3.65. The molecule has 2 saturated heterocycles. The fourth-order valence-corrected chi connectivity index (χ4v) is 2.75. The maximum Gasteiger partial charge on any atom is 0.0545 e. The van der Waals surface area contributed by atoms with Gasteiger partial charge in [0.15, 0.2) is 0 Å². The SMILES string of the molecule is CCC1(CCN2CCCC2CN)COC1. The third-order valence-corrected chi connectivity index (χ3v) is 4.27. The van der Waals surface area contributed by atoms with Crippen LogP contribution in [0.25, 0.3) is 0 Å². The van der Waals surface area contributed by atoms with E-state index in [1.807, 2.05) is 0 Å². The number of rotatable bonds is 5. The molecular weight excluding hydrogens is 188 g/mol. The molecule has 2 rings (SSSR count). The molecule has 3 heteroatoms. The second kappa shape index (κ2) is 4.81. The first kappa shape index (κ1) is 11.4. The van der Waals surface area contributed by atoms with Crippen LogP contribution in [-0.2, 0) is 4.74 Å². The molecule has 88 valence electrons. The summed E-state index contributed by atoms with van der Waals surface area (Å²) in [7, 11) is 0. The minimum absolute atomic E-state index is 0.502. The summed E-state index contributed by atoms with van der Waals surface area (Å²) in [4.78, 5) is 2.58. The van der Waals surface area contributed by atoms with Crippen molar-refractivity contribution >= 4 is 0 Å². The third-order valence-electron chi connectivity index (χ3n) is 4.27. The topological polar surface area (TPSA) is 38.5 Å². The van der Waals surface area contributed by atoms with E-state index in [4.69, 9.17) is 10.5 Å². The standard InChI is InChI=1S/C12H24N2O/c1-2-12(9-15-10-12)5-7-14-6-3-4-11(14)8-13/h11H,2-10,13H2,1H3. The molecular formula is C12H24N2O. The van der Waals surface area contributed by atoms with Gasteiger partial charge in [0.05, 0.1) is 13.2 Å². The number of hydrogen-bond donors (Lipinski definition) is 1. The number of hydrogen-bond acceptors (Lipinski definition) is 3. The molecule has 3 nitrogen and oxygen atoms in total. The zero-order chi connectivity index (χ0) is 10.7. The Balaban J connectivity index is 1.77. The van der Waals surface area contributed by atoms with Gasteiger partial charge in [0, 0.05) is 18.0 Å². The lowest BCUT2D eigenvalue weighted by molar-refractivity contribution is -0.122. The Hall–Kier alpha value is -0.120. The summed E-state index contributed by atoms with van der Waals surface area (Å²) in [5, 5.41) is 0. The molecule has 2 aliphatic rings. The number of nitrogens with zero attached hydrogens (tertiary/aromatic N) is 1. The van der Waals surface area contributed by atoms with Crippen LogP contribution in [0.15, 0.2) is 0 Å². The maximum atomic E-state index is 5.78. The summed E-state index contributed by atoms with van der Waals surface area (Å²) in [6, 6.07) is 0.653. The van der Waals surface area contributed by atoms with Crippen LogP contribution in [0, 0.1) is 5.41 Å². The highest BCUT2D eigenvalue weighted by Gasteiger charge is 2.37. The predicted octanol–water partition coefficient (Wildman–Crippen LogP) is 1.23. The number of nitrogens with two attached hydrogens (primary N) is 1. The van der Waals surface area contributed by atoms with Gasteiger partial charge >= 0.3 is 0 Å². The van der Waals surface area contributed by atoms with Crippen molar-refractivity contribution in [1.82, 2.24) is 4.90 Å². The van der Waals surface area contributed by atoms with Crippen LogP contribution in [0.1, 0.15) is 32.6 Å². The fourth-order valence-electron chi connectivity index (χ4n) is 2.75. The molecule has 2 heterocycles. The van der Waals surface area contributed by atoms with E-state index in [0.717, 1.165) is 19.8 Å². The van der Waals surface area contributed by atoms with E-state index in [2.05, 4.69) is 11.8 Å². The van der Waals surface area contributed by atoms with E-state index in [0.29, 0.717) is 11.5 Å². The second-order valence-electron chi connectivity index (χ2n) is 5.16. The smallest absolute Gasteiger partial charge is 0.0545 e. The zero-order valence-electron chi connectivity index (χ0n) is 9.87. The molecule has 0 aromatic rings. The highest BCUT2D eigenvalue weighted by Crippen LogP contribution is 2.35. The lowest BCUT2D eigenvalue weighted by atomic mass is 9.80. The monoisotopic (exact) mass is 212 g/mol. The molecule has 2 N–H and O–H groups in total. The van der Waals surface area contributed by atoms with Crippen molar-refractivity contribution in [1.29, 1.82) is 0 Å². The average Bonchev–Trinajstić information content (AvgIpc) is 2.64. The van der Waals surface area contributed by atoms with Crippen LogP contribution in [0.5, 0.6) is 0 Å². The van der Waals surface area contributed by atoms with E-state index >= 15 is 0 Å². The first-order valence-corrected chi connectivity index (χ1v) is 6.31. The molecule has 0 aliphatic carbocycles. The van der Waals surface area contributed by atoms with Crippen molar-refractivity contribution in [3.8, 4) is 0 Å². The van der Waals surface area contributed by atoms with Gasteiger partial charge in [-0.05, 0) is 38.8 Å². The summed E-state index contributed by atoms with van der Waals surface area (Å²) < 4.78 is 5.35. The number of ether oxygens (including phenoxy) is 1. The lowest BCUT2D eigenvalue weighted by Gasteiger charge is -2.42. The average molecular weight is 212 g/mol. The Morgan fingerprint density at radius 2 is 2.27 bits per heavy atom. The van der Waals surface area contributed by atoms with Gasteiger partial charge in [0.1, 0.15) is 0 Å². The fraction of sp³-hybridized carbons (Fsp3) is 1.00. The van der Waals surface area contributed by atoms with Crippen molar-refractivity contribution in [2.75, 3.05) is 32.8 Å². The highest BCUT2D eigenvalue weighted by molar-refractivity contribution is 4.87. The first-order valence-electron chi connectivity index (χ1n) is 6.31. The molecule has 0 amide bonds. The normalized spacial score (nSPS) is 30.4. The van der Waals surface area contributed by atoms with Gasteiger partial charge in [0.25, 0.3) is 0 Å². The summed E-state index contributed by atoms with van der Waals surface area (Å²) in [5.74, 6) is 0. The van der Waals surface area contributed by atoms with Crippen molar-refractivity contribution in [2.24, 2.45) is 11.1 Å². The quantitative estimate of drug-likeness (QED) is 0.745. The highest BCUT2D eigenvalue weighted by atomic mass is 16.5. The van der Waals surface area contributed by atoms with Gasteiger partial charge in [-0.1, -0.05) is 6.92 Å². The molecule has 2 aliphatic heterocycles. The summed E-state index contributed by atoms with van der Waals surface area (Å²) >= 11 is 0. The first-order chi connectivity index (χ1) is 7.29. The van der Waals surface area contributed by atoms with Gasteiger partial charge in [-0.3, -0.25) is 4.90 Å². The summed E-state index contributed by atoms with van der Waals surface area (Å²) in [6.45, 7) is 7.54. The van der Waals surface area contributed by atoms with Crippen molar-refractivity contribution in [3.05, 3.63) is 0 Å². The molecule has 1 unspecified atom stereocenters. The summed E-state index contributed by atoms with van der Waals surface area (Å²) in [6.07, 6.45) is 5.18. The van der Waals surface area contributed by atoms with Crippen LogP contribution >= 0.6 is 0 Å². The Labute approximate surface area is 93.0 Å². The molecule has 0 radical (unpaired) electrons. The van der Waals surface area contributed by atoms with Gasteiger partial charge in [-0.2, -0.15) is 0 Å². The van der Waals surface area contributed by atoms with Gasteiger partial charge in [-0.25, -0.2) is 0 Å².